The molecule has 2 rings (SSSR count). The minimum absolute atomic E-state index is 0.147. The lowest BCUT2D eigenvalue weighted by molar-refractivity contribution is 0.533. The quantitative estimate of drug-likeness (QED) is 0.843. The van der Waals surface area contributed by atoms with Gasteiger partial charge in [0.05, 0.1) is 0 Å². The van der Waals surface area contributed by atoms with Gasteiger partial charge < -0.3 is 5.32 Å². The van der Waals surface area contributed by atoms with Crippen LogP contribution in [0.5, 0.6) is 0 Å². The average Bonchev–Trinajstić information content (AvgIpc) is 2.40. The first-order chi connectivity index (χ1) is 9.51. The van der Waals surface area contributed by atoms with Crippen molar-refractivity contribution in [1.29, 1.82) is 0 Å². The fourth-order valence-electron chi connectivity index (χ4n) is 2.20. The van der Waals surface area contributed by atoms with E-state index in [1.54, 1.807) is 18.2 Å². The van der Waals surface area contributed by atoms with Crippen LogP contribution in [0.2, 0.25) is 10.0 Å². The van der Waals surface area contributed by atoms with Crippen LogP contribution in [0.25, 0.3) is 0 Å². The molecule has 0 radical (unpaired) electrons. The van der Waals surface area contributed by atoms with Crippen LogP contribution < -0.4 is 5.32 Å². The van der Waals surface area contributed by atoms with E-state index in [2.05, 4.69) is 5.32 Å². The van der Waals surface area contributed by atoms with Gasteiger partial charge in [0, 0.05) is 21.7 Å². The Morgan fingerprint density at radius 2 is 1.90 bits per heavy atom. The number of benzene rings is 2. The van der Waals surface area contributed by atoms with Gasteiger partial charge in [-0.1, -0.05) is 35.3 Å². The van der Waals surface area contributed by atoms with Crippen molar-refractivity contribution in [1.82, 2.24) is 5.32 Å². The van der Waals surface area contributed by atoms with E-state index in [0.29, 0.717) is 22.0 Å². The maximum Gasteiger partial charge on any atom is 0.128 e. The Bertz CT molecular complexity index is 613. The molecule has 0 aromatic heterocycles. The Kier molecular flexibility index (Phi) is 5.03. The van der Waals surface area contributed by atoms with Gasteiger partial charge in [0.25, 0.3) is 0 Å². The van der Waals surface area contributed by atoms with Crippen molar-refractivity contribution >= 4 is 23.2 Å². The van der Waals surface area contributed by atoms with Crippen LogP contribution in [0, 0.1) is 12.7 Å². The Hall–Kier alpha value is -1.09. The summed E-state index contributed by atoms with van der Waals surface area (Å²) in [5.74, 6) is -0.206. The van der Waals surface area contributed by atoms with Crippen molar-refractivity contribution < 1.29 is 4.39 Å². The second kappa shape index (κ2) is 6.57. The SMILES string of the molecule is CNC(Cc1cc(Cl)ccc1Cl)c1ccc(C)cc1F. The number of hydrogen-bond acceptors (Lipinski definition) is 1. The van der Waals surface area contributed by atoms with Crippen LogP contribution in [-0.2, 0) is 6.42 Å². The van der Waals surface area contributed by atoms with Crippen molar-refractivity contribution in [2.75, 3.05) is 7.05 Å². The zero-order valence-corrected chi connectivity index (χ0v) is 12.9. The van der Waals surface area contributed by atoms with Gasteiger partial charge in [-0.05, 0) is 55.8 Å². The predicted molar refractivity (Wildman–Crippen MR) is 83.1 cm³/mol. The van der Waals surface area contributed by atoms with E-state index in [0.717, 1.165) is 11.1 Å². The first-order valence-electron chi connectivity index (χ1n) is 6.38. The summed E-state index contributed by atoms with van der Waals surface area (Å²) in [6.07, 6.45) is 0.579. The molecule has 106 valence electrons. The van der Waals surface area contributed by atoms with Crippen molar-refractivity contribution in [2.45, 2.75) is 19.4 Å². The van der Waals surface area contributed by atoms with Gasteiger partial charge >= 0.3 is 0 Å². The smallest absolute Gasteiger partial charge is 0.128 e. The standard InChI is InChI=1S/C16H16Cl2FN/c1-10-3-5-13(15(19)7-10)16(20-2)9-11-8-12(17)4-6-14(11)18/h3-8,16,20H,9H2,1-2H3. The highest BCUT2D eigenvalue weighted by molar-refractivity contribution is 6.33. The van der Waals surface area contributed by atoms with Crippen molar-refractivity contribution in [3.8, 4) is 0 Å². The summed E-state index contributed by atoms with van der Waals surface area (Å²) in [7, 11) is 1.81. The summed E-state index contributed by atoms with van der Waals surface area (Å²) in [6.45, 7) is 1.87. The molecular weight excluding hydrogens is 296 g/mol. The van der Waals surface area contributed by atoms with E-state index in [9.17, 15) is 4.39 Å². The van der Waals surface area contributed by atoms with E-state index in [4.69, 9.17) is 23.2 Å². The minimum atomic E-state index is -0.206. The summed E-state index contributed by atoms with van der Waals surface area (Å²) >= 11 is 12.2. The first kappa shape index (κ1) is 15.3. The number of hydrogen-bond donors (Lipinski definition) is 1. The summed E-state index contributed by atoms with van der Waals surface area (Å²) in [4.78, 5) is 0. The molecule has 0 aliphatic heterocycles. The fraction of sp³-hybridized carbons (Fsp3) is 0.250. The topological polar surface area (TPSA) is 12.0 Å². The predicted octanol–water partition coefficient (Wildman–Crippen LogP) is 4.94. The van der Waals surface area contributed by atoms with E-state index < -0.39 is 0 Å². The lowest BCUT2D eigenvalue weighted by Gasteiger charge is -2.18. The van der Waals surface area contributed by atoms with E-state index >= 15 is 0 Å². The molecular formula is C16H16Cl2FN. The van der Waals surface area contributed by atoms with E-state index in [1.165, 1.54) is 0 Å². The minimum Gasteiger partial charge on any atom is -0.313 e. The molecule has 0 saturated heterocycles. The highest BCUT2D eigenvalue weighted by Gasteiger charge is 2.16. The Labute approximate surface area is 128 Å². The summed E-state index contributed by atoms with van der Waals surface area (Å²) < 4.78 is 14.1. The van der Waals surface area contributed by atoms with Gasteiger partial charge in [-0.25, -0.2) is 4.39 Å². The van der Waals surface area contributed by atoms with Crippen molar-refractivity contribution in [2.24, 2.45) is 0 Å². The average molecular weight is 312 g/mol. The molecule has 0 bridgehead atoms. The molecule has 1 nitrogen and oxygen atoms in total. The third-order valence-corrected chi connectivity index (χ3v) is 3.92. The Balaban J connectivity index is 2.31. The maximum atomic E-state index is 14.1. The molecule has 2 aromatic rings. The Morgan fingerprint density at radius 1 is 1.15 bits per heavy atom. The molecule has 20 heavy (non-hydrogen) atoms. The normalized spacial score (nSPS) is 12.4. The first-order valence-corrected chi connectivity index (χ1v) is 7.14. The van der Waals surface area contributed by atoms with Gasteiger partial charge in [-0.15, -0.1) is 0 Å². The summed E-state index contributed by atoms with van der Waals surface area (Å²) in [5.41, 5.74) is 2.44. The number of halogens is 3. The largest absolute Gasteiger partial charge is 0.313 e. The zero-order valence-electron chi connectivity index (χ0n) is 11.4. The van der Waals surface area contributed by atoms with Crippen LogP contribution in [0.3, 0.4) is 0 Å². The molecule has 0 heterocycles. The second-order valence-electron chi connectivity index (χ2n) is 4.81. The summed E-state index contributed by atoms with van der Waals surface area (Å²) in [6, 6.07) is 10.4. The van der Waals surface area contributed by atoms with Crippen molar-refractivity contribution in [3.05, 3.63) is 69.0 Å². The fourth-order valence-corrected chi connectivity index (χ4v) is 2.59. The van der Waals surface area contributed by atoms with Crippen LogP contribution in [-0.4, -0.2) is 7.05 Å². The van der Waals surface area contributed by atoms with Crippen LogP contribution >= 0.6 is 23.2 Å². The van der Waals surface area contributed by atoms with Crippen molar-refractivity contribution in [3.63, 3.8) is 0 Å². The lowest BCUT2D eigenvalue weighted by atomic mass is 9.97. The zero-order chi connectivity index (χ0) is 14.7. The number of aryl methyl sites for hydroxylation is 1. The third kappa shape index (κ3) is 3.51. The van der Waals surface area contributed by atoms with Gasteiger partial charge in [0.15, 0.2) is 0 Å². The van der Waals surface area contributed by atoms with Gasteiger partial charge in [0.2, 0.25) is 0 Å². The molecule has 0 spiro atoms. The molecule has 0 aliphatic rings. The summed E-state index contributed by atoms with van der Waals surface area (Å²) in [5, 5.41) is 4.40. The number of nitrogens with one attached hydrogen (secondary N) is 1. The number of rotatable bonds is 4. The highest BCUT2D eigenvalue weighted by atomic mass is 35.5. The molecule has 4 heteroatoms. The molecule has 1 atom stereocenters. The van der Waals surface area contributed by atoms with Crippen LogP contribution in [0.4, 0.5) is 4.39 Å². The third-order valence-electron chi connectivity index (χ3n) is 3.31. The number of likely N-dealkylation sites (N-methyl/N-ethyl adjacent to an activating group) is 1. The monoisotopic (exact) mass is 311 g/mol. The lowest BCUT2D eigenvalue weighted by Crippen LogP contribution is -2.20. The molecule has 0 aliphatic carbocycles. The van der Waals surface area contributed by atoms with Crippen LogP contribution in [0.15, 0.2) is 36.4 Å². The molecule has 0 amide bonds. The maximum absolute atomic E-state index is 14.1. The second-order valence-corrected chi connectivity index (χ2v) is 5.65. The molecule has 2 aromatic carbocycles. The molecule has 0 saturated carbocycles. The molecule has 0 fully saturated rings. The molecule has 1 unspecified atom stereocenters. The van der Waals surface area contributed by atoms with E-state index in [1.807, 2.05) is 32.2 Å². The van der Waals surface area contributed by atoms with E-state index in [-0.39, 0.29) is 11.9 Å². The Morgan fingerprint density at radius 3 is 2.55 bits per heavy atom. The van der Waals surface area contributed by atoms with Gasteiger partial charge in [-0.2, -0.15) is 0 Å². The highest BCUT2D eigenvalue weighted by Crippen LogP contribution is 2.27. The van der Waals surface area contributed by atoms with Gasteiger partial charge in [0.1, 0.15) is 5.82 Å². The molecule has 1 N–H and O–H groups in total. The van der Waals surface area contributed by atoms with Gasteiger partial charge in [-0.3, -0.25) is 0 Å². The van der Waals surface area contributed by atoms with Crippen LogP contribution in [0.1, 0.15) is 22.7 Å².